The van der Waals surface area contributed by atoms with Gasteiger partial charge in [0.15, 0.2) is 0 Å². The average Bonchev–Trinajstić information content (AvgIpc) is 2.15. The van der Waals surface area contributed by atoms with E-state index in [1.54, 1.807) is 25.8 Å². The molecule has 0 radical (unpaired) electrons. The zero-order valence-electron chi connectivity index (χ0n) is 9.64. The highest BCUT2D eigenvalue weighted by Crippen LogP contribution is 2.14. The van der Waals surface area contributed by atoms with E-state index in [2.05, 4.69) is 4.98 Å². The minimum absolute atomic E-state index is 0.188. The van der Waals surface area contributed by atoms with Gasteiger partial charge in [-0.25, -0.2) is 9.78 Å². The Morgan fingerprint density at radius 3 is 2.69 bits per heavy atom. The molecule has 5 heteroatoms. The number of nitrogens with zero attached hydrogens (tertiary/aromatic N) is 2. The molecule has 0 aliphatic carbocycles. The fourth-order valence-corrected chi connectivity index (χ4v) is 1.42. The van der Waals surface area contributed by atoms with Crippen LogP contribution in [0.3, 0.4) is 0 Å². The zero-order chi connectivity index (χ0) is 12.3. The summed E-state index contributed by atoms with van der Waals surface area (Å²) in [6, 6.07) is 2.91. The van der Waals surface area contributed by atoms with Crippen LogP contribution in [0.15, 0.2) is 18.3 Å². The molecule has 0 unspecified atom stereocenters. The Labute approximate surface area is 94.4 Å². The van der Waals surface area contributed by atoms with E-state index in [1.807, 2.05) is 0 Å². The molecule has 0 spiro atoms. The van der Waals surface area contributed by atoms with Crippen molar-refractivity contribution in [2.24, 2.45) is 0 Å². The van der Waals surface area contributed by atoms with Crippen LogP contribution in [0.2, 0.25) is 0 Å². The van der Waals surface area contributed by atoms with Gasteiger partial charge in [-0.05, 0) is 26.0 Å². The van der Waals surface area contributed by atoms with Crippen molar-refractivity contribution in [3.63, 3.8) is 0 Å². The number of hydrogen-bond donors (Lipinski definition) is 2. The van der Waals surface area contributed by atoms with Gasteiger partial charge in [0.25, 0.3) is 0 Å². The first kappa shape index (κ1) is 12.4. The van der Waals surface area contributed by atoms with Crippen LogP contribution in [-0.2, 0) is 0 Å². The maximum Gasteiger partial charge on any atom is 0.335 e. The summed E-state index contributed by atoms with van der Waals surface area (Å²) in [6.45, 7) is 3.75. The van der Waals surface area contributed by atoms with Gasteiger partial charge in [-0.2, -0.15) is 0 Å². The standard InChI is InChI=1S/C11H16N2O3/c1-11(2,16)7-13(3)9-6-8(10(14)15)4-5-12-9/h4-6,16H,7H2,1-3H3,(H,14,15). The number of rotatable bonds is 4. The highest BCUT2D eigenvalue weighted by atomic mass is 16.4. The number of carboxylic acid groups (broad SMARTS) is 1. The number of aliphatic hydroxyl groups is 1. The highest BCUT2D eigenvalue weighted by molar-refractivity contribution is 5.88. The molecule has 1 aromatic rings. The van der Waals surface area contributed by atoms with E-state index in [0.29, 0.717) is 12.4 Å². The summed E-state index contributed by atoms with van der Waals surface area (Å²) in [7, 11) is 1.76. The Morgan fingerprint density at radius 2 is 2.19 bits per heavy atom. The van der Waals surface area contributed by atoms with E-state index in [0.717, 1.165) is 0 Å². The van der Waals surface area contributed by atoms with Crippen LogP contribution in [0.1, 0.15) is 24.2 Å². The third-order valence-corrected chi connectivity index (χ3v) is 2.01. The van der Waals surface area contributed by atoms with Gasteiger partial charge in [-0.3, -0.25) is 0 Å². The van der Waals surface area contributed by atoms with E-state index in [-0.39, 0.29) is 5.56 Å². The van der Waals surface area contributed by atoms with Gasteiger partial charge in [0.05, 0.1) is 11.2 Å². The largest absolute Gasteiger partial charge is 0.478 e. The van der Waals surface area contributed by atoms with Crippen molar-refractivity contribution in [3.8, 4) is 0 Å². The van der Waals surface area contributed by atoms with Crippen LogP contribution in [0.4, 0.5) is 5.82 Å². The zero-order valence-corrected chi connectivity index (χ0v) is 9.64. The fraction of sp³-hybridized carbons (Fsp3) is 0.455. The number of likely N-dealkylation sites (N-methyl/N-ethyl adjacent to an activating group) is 1. The molecule has 1 rings (SSSR count). The summed E-state index contributed by atoms with van der Waals surface area (Å²) in [5.74, 6) is -0.456. The van der Waals surface area contributed by atoms with Gasteiger partial charge >= 0.3 is 5.97 Å². The molecule has 16 heavy (non-hydrogen) atoms. The minimum Gasteiger partial charge on any atom is -0.478 e. The van der Waals surface area contributed by atoms with Crippen LogP contribution < -0.4 is 4.90 Å². The predicted octanol–water partition coefficient (Wildman–Crippen LogP) is 0.987. The molecule has 2 N–H and O–H groups in total. The van der Waals surface area contributed by atoms with Crippen molar-refractivity contribution < 1.29 is 15.0 Å². The number of aromatic carboxylic acids is 1. The average molecular weight is 224 g/mol. The van der Waals surface area contributed by atoms with Gasteiger partial charge < -0.3 is 15.1 Å². The van der Waals surface area contributed by atoms with Crippen molar-refractivity contribution >= 4 is 11.8 Å². The molecular weight excluding hydrogens is 208 g/mol. The molecule has 0 saturated carbocycles. The molecule has 0 bridgehead atoms. The van der Waals surface area contributed by atoms with Crippen molar-refractivity contribution in [1.82, 2.24) is 4.98 Å². The maximum absolute atomic E-state index is 10.8. The number of carbonyl (C=O) groups is 1. The molecular formula is C11H16N2O3. The van der Waals surface area contributed by atoms with Crippen molar-refractivity contribution in [1.29, 1.82) is 0 Å². The van der Waals surface area contributed by atoms with E-state index in [9.17, 15) is 9.90 Å². The predicted molar refractivity (Wildman–Crippen MR) is 60.8 cm³/mol. The first-order chi connectivity index (χ1) is 7.29. The Balaban J connectivity index is 2.87. The normalized spacial score (nSPS) is 11.2. The van der Waals surface area contributed by atoms with Gasteiger partial charge in [-0.15, -0.1) is 0 Å². The lowest BCUT2D eigenvalue weighted by Gasteiger charge is -2.26. The summed E-state index contributed by atoms with van der Waals surface area (Å²) < 4.78 is 0. The van der Waals surface area contributed by atoms with Crippen LogP contribution in [0, 0.1) is 0 Å². The third-order valence-electron chi connectivity index (χ3n) is 2.01. The summed E-state index contributed by atoms with van der Waals surface area (Å²) in [5, 5.41) is 18.5. The Hall–Kier alpha value is -1.62. The van der Waals surface area contributed by atoms with Crippen molar-refractivity contribution in [2.75, 3.05) is 18.5 Å². The Kier molecular flexibility index (Phi) is 3.49. The molecule has 0 amide bonds. The summed E-state index contributed by atoms with van der Waals surface area (Å²) in [4.78, 5) is 16.5. The minimum atomic E-state index is -0.986. The molecule has 0 atom stereocenters. The van der Waals surface area contributed by atoms with Crippen LogP contribution >= 0.6 is 0 Å². The van der Waals surface area contributed by atoms with Crippen LogP contribution in [0.5, 0.6) is 0 Å². The maximum atomic E-state index is 10.8. The third kappa shape index (κ3) is 3.51. The number of carboxylic acids is 1. The Bertz CT molecular complexity index is 385. The summed E-state index contributed by atoms with van der Waals surface area (Å²) in [5.41, 5.74) is -0.664. The quantitative estimate of drug-likeness (QED) is 0.797. The first-order valence-corrected chi connectivity index (χ1v) is 4.92. The second kappa shape index (κ2) is 4.49. The van der Waals surface area contributed by atoms with Crippen LogP contribution in [0.25, 0.3) is 0 Å². The molecule has 0 aliphatic rings. The van der Waals surface area contributed by atoms with E-state index >= 15 is 0 Å². The topological polar surface area (TPSA) is 73.7 Å². The lowest BCUT2D eigenvalue weighted by Crippen LogP contribution is -2.36. The van der Waals surface area contributed by atoms with Gasteiger partial charge in [0, 0.05) is 19.8 Å². The Morgan fingerprint density at radius 1 is 1.56 bits per heavy atom. The number of anilines is 1. The monoisotopic (exact) mass is 224 g/mol. The second-order valence-corrected chi connectivity index (χ2v) is 4.38. The SMILES string of the molecule is CN(CC(C)(C)O)c1cc(C(=O)O)ccn1. The molecule has 1 aromatic heterocycles. The molecule has 5 nitrogen and oxygen atoms in total. The molecule has 0 aliphatic heterocycles. The molecule has 0 aromatic carbocycles. The molecule has 0 fully saturated rings. The first-order valence-electron chi connectivity index (χ1n) is 4.92. The van der Waals surface area contributed by atoms with E-state index in [1.165, 1.54) is 18.3 Å². The summed E-state index contributed by atoms with van der Waals surface area (Å²) in [6.07, 6.45) is 1.44. The van der Waals surface area contributed by atoms with Gasteiger partial charge in [0.2, 0.25) is 0 Å². The van der Waals surface area contributed by atoms with E-state index in [4.69, 9.17) is 5.11 Å². The highest BCUT2D eigenvalue weighted by Gasteiger charge is 2.17. The second-order valence-electron chi connectivity index (χ2n) is 4.38. The van der Waals surface area contributed by atoms with Crippen molar-refractivity contribution in [2.45, 2.75) is 19.4 Å². The fourth-order valence-electron chi connectivity index (χ4n) is 1.42. The number of hydrogen-bond acceptors (Lipinski definition) is 4. The molecule has 0 saturated heterocycles. The molecule has 1 heterocycles. The molecule has 88 valence electrons. The lowest BCUT2D eigenvalue weighted by molar-refractivity contribution is 0.0696. The van der Waals surface area contributed by atoms with Gasteiger partial charge in [-0.1, -0.05) is 0 Å². The number of pyridine rings is 1. The smallest absolute Gasteiger partial charge is 0.335 e. The lowest BCUT2D eigenvalue weighted by atomic mass is 10.1. The van der Waals surface area contributed by atoms with Crippen molar-refractivity contribution in [3.05, 3.63) is 23.9 Å². The number of aromatic nitrogens is 1. The van der Waals surface area contributed by atoms with Gasteiger partial charge in [0.1, 0.15) is 5.82 Å². The van der Waals surface area contributed by atoms with E-state index < -0.39 is 11.6 Å². The van der Waals surface area contributed by atoms with Crippen LogP contribution in [-0.4, -0.2) is 40.4 Å². The summed E-state index contributed by atoms with van der Waals surface area (Å²) >= 11 is 0.